The Morgan fingerprint density at radius 2 is 1.81 bits per heavy atom. The second-order valence-electron chi connectivity index (χ2n) is 9.84. The molecule has 0 bridgehead atoms. The van der Waals surface area contributed by atoms with Crippen LogP contribution in [0.5, 0.6) is 11.5 Å². The molecule has 0 unspecified atom stereocenters. The summed E-state index contributed by atoms with van der Waals surface area (Å²) in [6, 6.07) is 11.5. The molecule has 2 N–H and O–H groups in total. The Hall–Kier alpha value is -5.13. The number of halogens is 2. The van der Waals surface area contributed by atoms with Gasteiger partial charge in [0.2, 0.25) is 0 Å². The van der Waals surface area contributed by atoms with Crippen LogP contribution in [0.1, 0.15) is 36.6 Å². The lowest BCUT2D eigenvalue weighted by atomic mass is 10.1. The molecule has 0 fully saturated rings. The van der Waals surface area contributed by atoms with Gasteiger partial charge in [-0.2, -0.15) is 5.10 Å². The van der Waals surface area contributed by atoms with Gasteiger partial charge in [-0.15, -0.1) is 0 Å². The highest BCUT2D eigenvalue weighted by Crippen LogP contribution is 2.32. The Morgan fingerprint density at radius 3 is 2.56 bits per heavy atom. The van der Waals surface area contributed by atoms with Gasteiger partial charge in [0.25, 0.3) is 0 Å². The molecule has 3 heterocycles. The van der Waals surface area contributed by atoms with E-state index in [1.807, 2.05) is 38.1 Å². The van der Waals surface area contributed by atoms with E-state index in [-0.39, 0.29) is 43.3 Å². The first-order chi connectivity index (χ1) is 20.7. The molecule has 43 heavy (non-hydrogen) atoms. The number of para-hydroxylation sites is 1. The number of hydrogen-bond donors (Lipinski definition) is 2. The van der Waals surface area contributed by atoms with Crippen LogP contribution < -0.4 is 14.8 Å². The topological polar surface area (TPSA) is 124 Å². The lowest BCUT2D eigenvalue weighted by Gasteiger charge is -2.14. The lowest BCUT2D eigenvalue weighted by Crippen LogP contribution is -2.08. The molecule has 10 nitrogen and oxygen atoms in total. The van der Waals surface area contributed by atoms with E-state index in [1.165, 1.54) is 10.9 Å². The molecule has 2 aromatic carbocycles. The van der Waals surface area contributed by atoms with E-state index in [1.54, 1.807) is 19.2 Å². The van der Waals surface area contributed by atoms with E-state index in [4.69, 9.17) is 19.6 Å². The highest BCUT2D eigenvalue weighted by molar-refractivity contribution is 5.92. The van der Waals surface area contributed by atoms with E-state index in [9.17, 15) is 13.6 Å². The first-order valence-corrected chi connectivity index (χ1v) is 13.7. The van der Waals surface area contributed by atoms with Crippen LogP contribution in [0, 0.1) is 25.5 Å². The average molecular weight is 589 g/mol. The van der Waals surface area contributed by atoms with Crippen molar-refractivity contribution in [1.29, 1.82) is 0 Å². The molecule has 12 heteroatoms. The minimum atomic E-state index is -0.913. The maximum Gasteiger partial charge on any atom is 0.303 e. The van der Waals surface area contributed by atoms with Gasteiger partial charge in [-0.1, -0.05) is 18.2 Å². The fraction of sp³-hybridized carbons (Fsp3) is 0.258. The summed E-state index contributed by atoms with van der Waals surface area (Å²) in [5.41, 5.74) is 3.31. The Balaban J connectivity index is 1.54. The van der Waals surface area contributed by atoms with E-state index < -0.39 is 17.6 Å². The number of carbonyl (C=O) groups is 1. The van der Waals surface area contributed by atoms with Gasteiger partial charge in [-0.05, 0) is 44.9 Å². The first kappa shape index (κ1) is 29.4. The predicted octanol–water partition coefficient (Wildman–Crippen LogP) is 6.22. The summed E-state index contributed by atoms with van der Waals surface area (Å²) in [5.74, 6) is -1.35. The Morgan fingerprint density at radius 1 is 1.05 bits per heavy atom. The molecule has 0 saturated carbocycles. The van der Waals surface area contributed by atoms with Crippen molar-refractivity contribution in [3.05, 3.63) is 83.3 Å². The summed E-state index contributed by atoms with van der Waals surface area (Å²) in [4.78, 5) is 24.5. The number of benzene rings is 2. The van der Waals surface area contributed by atoms with Crippen LogP contribution in [0.2, 0.25) is 0 Å². The Kier molecular flexibility index (Phi) is 8.74. The number of nitrogens with one attached hydrogen (secondary N) is 1. The summed E-state index contributed by atoms with van der Waals surface area (Å²) >= 11 is 0. The van der Waals surface area contributed by atoms with Gasteiger partial charge in [-0.25, -0.2) is 18.7 Å². The maximum atomic E-state index is 14.9. The highest BCUT2D eigenvalue weighted by Gasteiger charge is 2.20. The number of ether oxygens (including phenoxy) is 2. The number of carboxylic acid groups (broad SMARTS) is 1. The van der Waals surface area contributed by atoms with Crippen molar-refractivity contribution in [2.75, 3.05) is 18.5 Å². The second kappa shape index (κ2) is 12.8. The van der Waals surface area contributed by atoms with E-state index in [0.29, 0.717) is 34.6 Å². The van der Waals surface area contributed by atoms with Crippen molar-refractivity contribution in [1.82, 2.24) is 24.7 Å². The standard InChI is InChI=1S/C31H30F2N6O4/c1-4-42-20-13-23(32)22(24(33)14-20)17-39-26-9-6-5-8-21(26)29(38-39)31-35-16-27(43-11-7-10-28(40)41)30(37-31)36-25-12-19(3)34-15-18(25)2/h5-6,8-9,12-16H,4,7,10-11,17H2,1-3H3,(H,40,41)(H,34,35,36,37). The molecule has 0 amide bonds. The fourth-order valence-corrected chi connectivity index (χ4v) is 4.52. The summed E-state index contributed by atoms with van der Waals surface area (Å²) < 4.78 is 42.5. The molecule has 5 rings (SSSR count). The Labute approximate surface area is 246 Å². The van der Waals surface area contributed by atoms with Crippen LogP contribution in [0.15, 0.2) is 54.9 Å². The molecule has 3 aromatic heterocycles. The molecule has 0 saturated heterocycles. The van der Waals surface area contributed by atoms with Crippen LogP contribution in [-0.2, 0) is 11.3 Å². The number of rotatable bonds is 12. The van der Waals surface area contributed by atoms with Crippen molar-refractivity contribution >= 4 is 28.4 Å². The number of anilines is 2. The minimum absolute atomic E-state index is 0.0384. The van der Waals surface area contributed by atoms with E-state index in [2.05, 4.69) is 20.4 Å². The van der Waals surface area contributed by atoms with Crippen LogP contribution in [0.4, 0.5) is 20.3 Å². The highest BCUT2D eigenvalue weighted by atomic mass is 19.1. The summed E-state index contributed by atoms with van der Waals surface area (Å²) in [5, 5.41) is 17.6. The number of aromatic nitrogens is 5. The molecule has 0 aliphatic heterocycles. The summed E-state index contributed by atoms with van der Waals surface area (Å²) in [6.07, 6.45) is 3.50. The molecular weight excluding hydrogens is 558 g/mol. The number of hydrogen-bond acceptors (Lipinski definition) is 8. The molecule has 5 aromatic rings. The third kappa shape index (κ3) is 6.69. The van der Waals surface area contributed by atoms with E-state index >= 15 is 0 Å². The van der Waals surface area contributed by atoms with Gasteiger partial charge in [0.1, 0.15) is 23.1 Å². The van der Waals surface area contributed by atoms with Gasteiger partial charge in [0.15, 0.2) is 17.4 Å². The quantitative estimate of drug-likeness (QED) is 0.164. The third-order valence-electron chi connectivity index (χ3n) is 6.64. The normalized spacial score (nSPS) is 11.1. The Bertz CT molecular complexity index is 1770. The zero-order valence-electron chi connectivity index (χ0n) is 23.9. The predicted molar refractivity (Wildman–Crippen MR) is 157 cm³/mol. The zero-order chi connectivity index (χ0) is 30.5. The third-order valence-corrected chi connectivity index (χ3v) is 6.64. The number of fused-ring (bicyclic) bond motifs is 1. The van der Waals surface area contributed by atoms with Gasteiger partial charge in [0.05, 0.1) is 31.5 Å². The number of pyridine rings is 1. The zero-order valence-corrected chi connectivity index (χ0v) is 23.9. The first-order valence-electron chi connectivity index (χ1n) is 13.7. The van der Waals surface area contributed by atoms with Gasteiger partial charge in [-0.3, -0.25) is 14.5 Å². The smallest absolute Gasteiger partial charge is 0.303 e. The summed E-state index contributed by atoms with van der Waals surface area (Å²) in [7, 11) is 0. The van der Waals surface area contributed by atoms with Crippen LogP contribution >= 0.6 is 0 Å². The number of aliphatic carboxylic acids is 1. The second-order valence-corrected chi connectivity index (χ2v) is 9.84. The molecule has 0 atom stereocenters. The van der Waals surface area contributed by atoms with Crippen LogP contribution in [0.3, 0.4) is 0 Å². The van der Waals surface area contributed by atoms with Crippen LogP contribution in [0.25, 0.3) is 22.4 Å². The van der Waals surface area contributed by atoms with Gasteiger partial charge < -0.3 is 19.9 Å². The van der Waals surface area contributed by atoms with Crippen molar-refractivity contribution in [2.24, 2.45) is 0 Å². The number of carboxylic acids is 1. The monoisotopic (exact) mass is 588 g/mol. The SMILES string of the molecule is CCOc1cc(F)c(Cn2nc(-c3ncc(OCCCC(=O)O)c(Nc4cc(C)ncc4C)n3)c3ccccc32)c(F)c1. The lowest BCUT2D eigenvalue weighted by molar-refractivity contribution is -0.137. The largest absolute Gasteiger partial charge is 0.494 e. The van der Waals surface area contributed by atoms with Crippen LogP contribution in [-0.4, -0.2) is 49.0 Å². The number of nitrogens with zero attached hydrogens (tertiary/aromatic N) is 5. The van der Waals surface area contributed by atoms with Gasteiger partial charge in [0, 0.05) is 47.1 Å². The average Bonchev–Trinajstić information content (AvgIpc) is 3.34. The molecule has 0 spiro atoms. The van der Waals surface area contributed by atoms with Crippen molar-refractivity contribution in [3.8, 4) is 23.0 Å². The van der Waals surface area contributed by atoms with Crippen molar-refractivity contribution in [2.45, 2.75) is 40.2 Å². The fourth-order valence-electron chi connectivity index (χ4n) is 4.52. The van der Waals surface area contributed by atoms with E-state index in [0.717, 1.165) is 29.1 Å². The molecule has 0 radical (unpaired) electrons. The molecule has 0 aliphatic carbocycles. The molecular formula is C31H30F2N6O4. The maximum absolute atomic E-state index is 14.9. The summed E-state index contributed by atoms with van der Waals surface area (Å²) in [6.45, 7) is 5.77. The molecule has 222 valence electrons. The van der Waals surface area contributed by atoms with Crippen molar-refractivity contribution < 1.29 is 28.2 Å². The molecule has 0 aliphatic rings. The van der Waals surface area contributed by atoms with Gasteiger partial charge >= 0.3 is 5.97 Å². The minimum Gasteiger partial charge on any atom is -0.494 e. The number of aryl methyl sites for hydroxylation is 2. The van der Waals surface area contributed by atoms with Crippen molar-refractivity contribution in [3.63, 3.8) is 0 Å².